The van der Waals surface area contributed by atoms with Crippen molar-refractivity contribution in [3.05, 3.63) is 0 Å². The van der Waals surface area contributed by atoms with E-state index in [2.05, 4.69) is 21.3 Å². The molecule has 0 aliphatic carbocycles. The molecular weight excluding hydrogens is 412 g/mol. The first-order valence-corrected chi connectivity index (χ1v) is 11.8. The third-order valence-corrected chi connectivity index (χ3v) is 5.83. The van der Waals surface area contributed by atoms with E-state index in [1.54, 1.807) is 6.92 Å². The monoisotopic (exact) mass is 454 g/mol. The Kier molecular flexibility index (Phi) is 11.7. The molecule has 1 rings (SSSR count). The van der Waals surface area contributed by atoms with E-state index in [0.29, 0.717) is 19.3 Å². The first kappa shape index (κ1) is 27.9. The molecule has 5 atom stereocenters. The Hall–Kier alpha value is -2.16. The summed E-state index contributed by atoms with van der Waals surface area (Å²) in [6, 6.07) is -2.99. The highest BCUT2D eigenvalue weighted by Crippen LogP contribution is 2.13. The summed E-state index contributed by atoms with van der Waals surface area (Å²) in [7, 11) is 0. The number of hydrogen-bond acceptors (Lipinski definition) is 5. The van der Waals surface area contributed by atoms with Gasteiger partial charge in [-0.15, -0.1) is 0 Å². The van der Waals surface area contributed by atoms with Crippen molar-refractivity contribution in [3.63, 3.8) is 0 Å². The van der Waals surface area contributed by atoms with Gasteiger partial charge in [-0.25, -0.2) is 4.79 Å². The van der Waals surface area contributed by atoms with Crippen molar-refractivity contribution in [3.8, 4) is 0 Å². The summed E-state index contributed by atoms with van der Waals surface area (Å²) in [5.74, 6) is -2.26. The second-order valence-corrected chi connectivity index (χ2v) is 9.74. The van der Waals surface area contributed by atoms with Gasteiger partial charge in [0.15, 0.2) is 0 Å². The van der Waals surface area contributed by atoms with Gasteiger partial charge in [-0.2, -0.15) is 0 Å². The van der Waals surface area contributed by atoms with Crippen molar-refractivity contribution in [2.24, 2.45) is 17.8 Å². The molecule has 0 bridgehead atoms. The SMILES string of the molecule is CCC(C)C(NC(=O)C(CC(C)C)NC(=O)C(CC(C)C)NC(=O)C1CCCN1)C(=O)O. The summed E-state index contributed by atoms with van der Waals surface area (Å²) >= 11 is 0. The Labute approximate surface area is 191 Å². The van der Waals surface area contributed by atoms with E-state index in [0.717, 1.165) is 19.4 Å². The van der Waals surface area contributed by atoms with Gasteiger partial charge in [0.25, 0.3) is 0 Å². The van der Waals surface area contributed by atoms with Gasteiger partial charge < -0.3 is 26.4 Å². The van der Waals surface area contributed by atoms with Gasteiger partial charge in [-0.3, -0.25) is 14.4 Å². The van der Waals surface area contributed by atoms with Crippen molar-refractivity contribution in [2.75, 3.05) is 6.54 Å². The van der Waals surface area contributed by atoms with Gasteiger partial charge in [0, 0.05) is 0 Å². The lowest BCUT2D eigenvalue weighted by atomic mass is 9.97. The molecule has 9 heteroatoms. The number of nitrogens with one attached hydrogen (secondary N) is 4. The van der Waals surface area contributed by atoms with Crippen LogP contribution in [0.2, 0.25) is 0 Å². The minimum atomic E-state index is -1.10. The second kappa shape index (κ2) is 13.4. The van der Waals surface area contributed by atoms with Gasteiger partial charge in [-0.1, -0.05) is 48.0 Å². The molecular formula is C23H42N4O5. The number of hydrogen-bond donors (Lipinski definition) is 5. The molecule has 0 aromatic rings. The largest absolute Gasteiger partial charge is 0.480 e. The first-order chi connectivity index (χ1) is 15.0. The molecule has 1 aliphatic rings. The Balaban J connectivity index is 2.94. The van der Waals surface area contributed by atoms with E-state index < -0.39 is 35.9 Å². The van der Waals surface area contributed by atoms with Crippen molar-refractivity contribution < 1.29 is 24.3 Å². The topological polar surface area (TPSA) is 137 Å². The fraction of sp³-hybridized carbons (Fsp3) is 0.826. The number of carboxylic acids is 1. The lowest BCUT2D eigenvalue weighted by molar-refractivity contribution is -0.144. The maximum absolute atomic E-state index is 13.1. The lowest BCUT2D eigenvalue weighted by Gasteiger charge is -2.28. The lowest BCUT2D eigenvalue weighted by Crippen LogP contribution is -2.58. The van der Waals surface area contributed by atoms with Crippen LogP contribution in [0.15, 0.2) is 0 Å². The zero-order valence-electron chi connectivity index (χ0n) is 20.4. The number of carboxylic acid groups (broad SMARTS) is 1. The maximum Gasteiger partial charge on any atom is 0.326 e. The molecule has 5 unspecified atom stereocenters. The molecule has 5 N–H and O–H groups in total. The van der Waals surface area contributed by atoms with E-state index in [1.807, 2.05) is 34.6 Å². The molecule has 0 saturated carbocycles. The number of aliphatic carboxylic acids is 1. The average molecular weight is 455 g/mol. The van der Waals surface area contributed by atoms with Crippen LogP contribution >= 0.6 is 0 Å². The number of amides is 3. The van der Waals surface area contributed by atoms with Gasteiger partial charge in [0.05, 0.1) is 6.04 Å². The molecule has 9 nitrogen and oxygen atoms in total. The fourth-order valence-electron chi connectivity index (χ4n) is 3.80. The summed E-state index contributed by atoms with van der Waals surface area (Å²) in [5, 5.41) is 20.8. The van der Waals surface area contributed by atoms with Crippen molar-refractivity contribution in [1.82, 2.24) is 21.3 Å². The van der Waals surface area contributed by atoms with Crippen LogP contribution in [0, 0.1) is 17.8 Å². The summed E-state index contributed by atoms with van der Waals surface area (Å²) in [6.45, 7) is 12.2. The van der Waals surface area contributed by atoms with E-state index in [4.69, 9.17) is 0 Å². The van der Waals surface area contributed by atoms with Crippen LogP contribution < -0.4 is 21.3 Å². The van der Waals surface area contributed by atoms with Crippen LogP contribution in [0.25, 0.3) is 0 Å². The number of carbonyl (C=O) groups is 4. The normalized spacial score (nSPS) is 19.8. The highest BCUT2D eigenvalue weighted by atomic mass is 16.4. The molecule has 0 spiro atoms. The van der Waals surface area contributed by atoms with Crippen molar-refractivity contribution >= 4 is 23.7 Å². The van der Waals surface area contributed by atoms with Gasteiger partial charge >= 0.3 is 5.97 Å². The molecule has 1 saturated heterocycles. The van der Waals surface area contributed by atoms with E-state index in [9.17, 15) is 24.3 Å². The summed E-state index contributed by atoms with van der Waals surface area (Å²) < 4.78 is 0. The van der Waals surface area contributed by atoms with E-state index in [-0.39, 0.29) is 29.7 Å². The van der Waals surface area contributed by atoms with Gasteiger partial charge in [0.2, 0.25) is 17.7 Å². The van der Waals surface area contributed by atoms with E-state index >= 15 is 0 Å². The predicted molar refractivity (Wildman–Crippen MR) is 123 cm³/mol. The maximum atomic E-state index is 13.1. The third-order valence-electron chi connectivity index (χ3n) is 5.83. The number of carbonyl (C=O) groups excluding carboxylic acids is 3. The smallest absolute Gasteiger partial charge is 0.326 e. The zero-order valence-corrected chi connectivity index (χ0v) is 20.4. The van der Waals surface area contributed by atoms with Crippen molar-refractivity contribution in [1.29, 1.82) is 0 Å². The van der Waals surface area contributed by atoms with Crippen molar-refractivity contribution in [2.45, 2.75) is 97.8 Å². The summed E-state index contributed by atoms with van der Waals surface area (Å²) in [4.78, 5) is 50.2. The van der Waals surface area contributed by atoms with Crippen LogP contribution in [0.1, 0.15) is 73.6 Å². The Morgan fingerprint density at radius 1 is 0.906 bits per heavy atom. The number of rotatable bonds is 13. The zero-order chi connectivity index (χ0) is 24.4. The molecule has 184 valence electrons. The van der Waals surface area contributed by atoms with E-state index in [1.165, 1.54) is 0 Å². The molecule has 0 aromatic heterocycles. The molecule has 3 amide bonds. The Morgan fingerprint density at radius 2 is 1.44 bits per heavy atom. The quantitative estimate of drug-likeness (QED) is 0.285. The van der Waals surface area contributed by atoms with Crippen LogP contribution in [0.4, 0.5) is 0 Å². The minimum Gasteiger partial charge on any atom is -0.480 e. The molecule has 0 radical (unpaired) electrons. The Bertz CT molecular complexity index is 646. The molecule has 0 aromatic carbocycles. The first-order valence-electron chi connectivity index (χ1n) is 11.8. The van der Waals surface area contributed by atoms with Gasteiger partial charge in [-0.05, 0) is 50.0 Å². The molecule has 1 aliphatic heterocycles. The van der Waals surface area contributed by atoms with Crippen LogP contribution in [-0.4, -0.2) is 59.5 Å². The predicted octanol–water partition coefficient (Wildman–Crippen LogP) is 1.42. The fourth-order valence-corrected chi connectivity index (χ4v) is 3.80. The summed E-state index contributed by atoms with van der Waals surface area (Å²) in [5.41, 5.74) is 0. The third kappa shape index (κ3) is 9.14. The van der Waals surface area contributed by atoms with Crippen LogP contribution in [0.5, 0.6) is 0 Å². The highest BCUT2D eigenvalue weighted by Gasteiger charge is 2.33. The molecule has 32 heavy (non-hydrogen) atoms. The van der Waals surface area contributed by atoms with Gasteiger partial charge in [0.1, 0.15) is 18.1 Å². The van der Waals surface area contributed by atoms with Crippen LogP contribution in [-0.2, 0) is 19.2 Å². The van der Waals surface area contributed by atoms with Crippen LogP contribution in [0.3, 0.4) is 0 Å². The summed E-state index contributed by atoms with van der Waals surface area (Å²) in [6.07, 6.45) is 3.03. The molecule has 1 heterocycles. The second-order valence-electron chi connectivity index (χ2n) is 9.74. The highest BCUT2D eigenvalue weighted by molar-refractivity contribution is 5.94. The molecule has 1 fully saturated rings. The minimum absolute atomic E-state index is 0.0961. The average Bonchev–Trinajstić information content (AvgIpc) is 3.24. The standard InChI is InChI=1S/C23H42N4O5/c1-7-15(6)19(23(31)32)27-22(30)18(12-14(4)5)26-21(29)17(11-13(2)3)25-20(28)16-9-8-10-24-16/h13-19,24H,7-12H2,1-6H3,(H,25,28)(H,26,29)(H,27,30)(H,31,32). The Morgan fingerprint density at radius 3 is 1.88 bits per heavy atom.